The minimum absolute atomic E-state index is 0. The molecule has 0 amide bonds. The van der Waals surface area contributed by atoms with Crippen molar-refractivity contribution in [1.82, 2.24) is 14.7 Å². The number of hydrogen-bond acceptors (Lipinski definition) is 3. The molecule has 1 aromatic heterocycles. The smallest absolute Gasteiger partial charge is 0.274 e. The number of aryl methyl sites for hydroxylation is 1. The lowest BCUT2D eigenvalue weighted by Crippen LogP contribution is -2.30. The quantitative estimate of drug-likeness (QED) is 0.610. The van der Waals surface area contributed by atoms with E-state index in [0.29, 0.717) is 19.0 Å². The van der Waals surface area contributed by atoms with Gasteiger partial charge in [-0.15, -0.1) is 12.4 Å². The summed E-state index contributed by atoms with van der Waals surface area (Å²) in [5, 5.41) is 7.16. The summed E-state index contributed by atoms with van der Waals surface area (Å²) in [4.78, 5) is 15.3. The lowest BCUT2D eigenvalue weighted by atomic mass is 10.0. The van der Waals surface area contributed by atoms with Crippen LogP contribution in [-0.4, -0.2) is 34.3 Å². The van der Waals surface area contributed by atoms with E-state index in [1.54, 1.807) is 4.68 Å². The summed E-state index contributed by atoms with van der Waals surface area (Å²) in [7, 11) is 2.17. The van der Waals surface area contributed by atoms with Crippen molar-refractivity contribution in [1.29, 1.82) is 0 Å². The van der Waals surface area contributed by atoms with Crippen molar-refractivity contribution in [3.8, 4) is 0 Å². The van der Waals surface area contributed by atoms with Crippen LogP contribution in [0.1, 0.15) is 30.5 Å². The molecule has 1 aliphatic heterocycles. The molecule has 1 fully saturated rings. The van der Waals surface area contributed by atoms with Crippen LogP contribution in [-0.2, 0) is 13.0 Å². The maximum atomic E-state index is 12.9. The highest BCUT2D eigenvalue weighted by molar-refractivity contribution is 6.30. The van der Waals surface area contributed by atoms with E-state index in [-0.39, 0.29) is 18.0 Å². The Morgan fingerprint density at radius 1 is 1.11 bits per heavy atom. The van der Waals surface area contributed by atoms with E-state index in [0.717, 1.165) is 40.0 Å². The Balaban J connectivity index is 0.00000225. The van der Waals surface area contributed by atoms with Gasteiger partial charge in [-0.1, -0.05) is 41.9 Å². The molecule has 2 aromatic carbocycles. The molecule has 28 heavy (non-hydrogen) atoms. The second kappa shape index (κ2) is 9.08. The third-order valence-corrected chi connectivity index (χ3v) is 5.83. The molecule has 0 N–H and O–H groups in total. The Kier molecular flexibility index (Phi) is 6.76. The van der Waals surface area contributed by atoms with E-state index >= 15 is 0 Å². The van der Waals surface area contributed by atoms with Crippen molar-refractivity contribution in [2.45, 2.75) is 38.3 Å². The molecule has 4 rings (SSSR count). The largest absolute Gasteiger partial charge is 0.303 e. The van der Waals surface area contributed by atoms with Crippen LogP contribution in [0.5, 0.6) is 0 Å². The van der Waals surface area contributed by atoms with Gasteiger partial charge in [-0.3, -0.25) is 4.79 Å². The molecule has 1 atom stereocenters. The first-order valence-electron chi connectivity index (χ1n) is 9.55. The van der Waals surface area contributed by atoms with Crippen LogP contribution >= 0.6 is 24.0 Å². The van der Waals surface area contributed by atoms with Crippen LogP contribution in [0.15, 0.2) is 53.3 Å². The number of aromatic nitrogens is 2. The van der Waals surface area contributed by atoms with E-state index in [2.05, 4.69) is 11.9 Å². The molecule has 0 spiro atoms. The third-order valence-electron chi connectivity index (χ3n) is 5.57. The standard InChI is InChI=1S/C22H24ClN3O.ClH/c1-25-13-4-5-18(25)12-14-26-22(27)20-7-3-2-6-19(20)21(24-26)15-16-8-10-17(23)11-9-16;/h2-3,6-11,18H,4-5,12-15H2,1H3;1H. The lowest BCUT2D eigenvalue weighted by molar-refractivity contribution is 0.281. The fraction of sp³-hybridized carbons (Fsp3) is 0.364. The van der Waals surface area contributed by atoms with Gasteiger partial charge in [-0.25, -0.2) is 4.68 Å². The topological polar surface area (TPSA) is 38.1 Å². The van der Waals surface area contributed by atoms with Crippen molar-refractivity contribution < 1.29 is 0 Å². The minimum atomic E-state index is 0. The van der Waals surface area contributed by atoms with Crippen molar-refractivity contribution in [2.24, 2.45) is 0 Å². The van der Waals surface area contributed by atoms with Gasteiger partial charge in [-0.2, -0.15) is 5.10 Å². The molecule has 1 saturated heterocycles. The number of likely N-dealkylation sites (tertiary alicyclic amines) is 1. The zero-order valence-electron chi connectivity index (χ0n) is 16.0. The molecular weight excluding hydrogens is 393 g/mol. The fourth-order valence-corrected chi connectivity index (χ4v) is 4.12. The van der Waals surface area contributed by atoms with Crippen molar-refractivity contribution in [2.75, 3.05) is 13.6 Å². The monoisotopic (exact) mass is 417 g/mol. The summed E-state index contributed by atoms with van der Waals surface area (Å²) in [5.41, 5.74) is 2.08. The van der Waals surface area contributed by atoms with Gasteiger partial charge in [-0.05, 0) is 56.6 Å². The molecule has 1 aliphatic rings. The van der Waals surface area contributed by atoms with Gasteiger partial charge in [0.1, 0.15) is 0 Å². The second-order valence-corrected chi connectivity index (χ2v) is 7.83. The second-order valence-electron chi connectivity index (χ2n) is 7.39. The zero-order valence-corrected chi connectivity index (χ0v) is 17.5. The SMILES string of the molecule is CN1CCCC1CCn1nc(Cc2ccc(Cl)cc2)c2ccccc2c1=O.Cl. The number of rotatable bonds is 5. The van der Waals surface area contributed by atoms with Gasteiger partial charge in [0.15, 0.2) is 0 Å². The highest BCUT2D eigenvalue weighted by Gasteiger charge is 2.21. The minimum Gasteiger partial charge on any atom is -0.303 e. The Morgan fingerprint density at radius 3 is 2.50 bits per heavy atom. The van der Waals surface area contributed by atoms with Gasteiger partial charge in [0.05, 0.1) is 11.1 Å². The number of halogens is 2. The van der Waals surface area contributed by atoms with E-state index in [9.17, 15) is 4.79 Å². The van der Waals surface area contributed by atoms with Crippen LogP contribution in [0, 0.1) is 0 Å². The van der Waals surface area contributed by atoms with Gasteiger partial charge in [0.2, 0.25) is 0 Å². The zero-order chi connectivity index (χ0) is 18.8. The first-order valence-corrected chi connectivity index (χ1v) is 9.93. The molecule has 148 valence electrons. The lowest BCUT2D eigenvalue weighted by Gasteiger charge is -2.19. The van der Waals surface area contributed by atoms with Gasteiger partial charge in [0.25, 0.3) is 5.56 Å². The predicted molar refractivity (Wildman–Crippen MR) is 118 cm³/mol. The molecule has 0 aliphatic carbocycles. The number of fused-ring (bicyclic) bond motifs is 1. The summed E-state index contributed by atoms with van der Waals surface area (Å²) in [6.45, 7) is 1.80. The Bertz CT molecular complexity index is 1000. The first kappa shape index (κ1) is 20.8. The summed E-state index contributed by atoms with van der Waals surface area (Å²) in [6.07, 6.45) is 4.09. The van der Waals surface area contributed by atoms with Crippen LogP contribution in [0.3, 0.4) is 0 Å². The van der Waals surface area contributed by atoms with E-state index in [1.807, 2.05) is 48.5 Å². The molecule has 2 heterocycles. The molecule has 0 radical (unpaired) electrons. The third kappa shape index (κ3) is 4.40. The van der Waals surface area contributed by atoms with Crippen LogP contribution in [0.25, 0.3) is 10.8 Å². The molecule has 4 nitrogen and oxygen atoms in total. The molecule has 6 heteroatoms. The summed E-state index contributed by atoms with van der Waals surface area (Å²) in [6, 6.07) is 16.1. The summed E-state index contributed by atoms with van der Waals surface area (Å²) >= 11 is 6.01. The Labute approximate surface area is 176 Å². The molecule has 3 aromatic rings. The summed E-state index contributed by atoms with van der Waals surface area (Å²) < 4.78 is 1.67. The van der Waals surface area contributed by atoms with Crippen molar-refractivity contribution >= 4 is 34.8 Å². The average molecular weight is 418 g/mol. The van der Waals surface area contributed by atoms with Gasteiger partial charge >= 0.3 is 0 Å². The fourth-order valence-electron chi connectivity index (χ4n) is 4.00. The highest BCUT2D eigenvalue weighted by Crippen LogP contribution is 2.20. The number of hydrogen-bond donors (Lipinski definition) is 0. The van der Waals surface area contributed by atoms with Crippen molar-refractivity contribution in [3.05, 3.63) is 75.2 Å². The first-order chi connectivity index (χ1) is 13.1. The molecule has 1 unspecified atom stereocenters. The normalized spacial score (nSPS) is 17.0. The molecule has 0 bridgehead atoms. The number of benzene rings is 2. The van der Waals surface area contributed by atoms with Crippen LogP contribution in [0.4, 0.5) is 0 Å². The average Bonchev–Trinajstić information content (AvgIpc) is 3.09. The van der Waals surface area contributed by atoms with E-state index < -0.39 is 0 Å². The predicted octanol–water partition coefficient (Wildman–Crippen LogP) is 4.55. The summed E-state index contributed by atoms with van der Waals surface area (Å²) in [5.74, 6) is 0. The van der Waals surface area contributed by atoms with E-state index in [1.165, 1.54) is 12.8 Å². The van der Waals surface area contributed by atoms with Gasteiger partial charge in [0, 0.05) is 29.4 Å². The molecular formula is C22H25Cl2N3O. The molecule has 0 saturated carbocycles. The Hall–Kier alpha value is -1.88. The van der Waals surface area contributed by atoms with Crippen molar-refractivity contribution in [3.63, 3.8) is 0 Å². The van der Waals surface area contributed by atoms with Gasteiger partial charge < -0.3 is 4.90 Å². The van der Waals surface area contributed by atoms with Crippen LogP contribution < -0.4 is 5.56 Å². The Morgan fingerprint density at radius 2 is 1.82 bits per heavy atom. The maximum Gasteiger partial charge on any atom is 0.274 e. The highest BCUT2D eigenvalue weighted by atomic mass is 35.5. The number of nitrogens with zero attached hydrogens (tertiary/aromatic N) is 3. The van der Waals surface area contributed by atoms with E-state index in [4.69, 9.17) is 16.7 Å². The van der Waals surface area contributed by atoms with Crippen LogP contribution in [0.2, 0.25) is 5.02 Å². The maximum absolute atomic E-state index is 12.9.